The molecule has 3 rings (SSSR count). The molecule has 0 aliphatic carbocycles. The van der Waals surface area contributed by atoms with E-state index in [0.717, 1.165) is 0 Å². The summed E-state index contributed by atoms with van der Waals surface area (Å²) in [5.41, 5.74) is 1.78. The van der Waals surface area contributed by atoms with Gasteiger partial charge in [0.1, 0.15) is 17.2 Å². The standard InChI is InChI=1S/C26H26O7S/c1-29-20-15-23(31-3)21(24(16-20)32-4)12-13-34(28)17-18-10-11-22(30-2)25(14-18)33-26(27)19-8-6-5-7-9-19/h5-16H,17H2,1-4H3. The predicted molar refractivity (Wildman–Crippen MR) is 131 cm³/mol. The lowest BCUT2D eigenvalue weighted by Crippen LogP contribution is -2.09. The van der Waals surface area contributed by atoms with Gasteiger partial charge in [0.2, 0.25) is 0 Å². The first-order chi connectivity index (χ1) is 16.5. The third-order valence-electron chi connectivity index (χ3n) is 4.89. The molecular formula is C26H26O7S. The second-order valence-electron chi connectivity index (χ2n) is 7.01. The van der Waals surface area contributed by atoms with E-state index >= 15 is 0 Å². The van der Waals surface area contributed by atoms with E-state index in [1.807, 2.05) is 6.07 Å². The Labute approximate surface area is 201 Å². The van der Waals surface area contributed by atoms with Crippen molar-refractivity contribution in [3.63, 3.8) is 0 Å². The molecule has 0 aliphatic rings. The van der Waals surface area contributed by atoms with Crippen LogP contribution in [0.25, 0.3) is 6.08 Å². The van der Waals surface area contributed by atoms with Crippen molar-refractivity contribution in [2.24, 2.45) is 0 Å². The van der Waals surface area contributed by atoms with Crippen LogP contribution in [0.4, 0.5) is 0 Å². The highest BCUT2D eigenvalue weighted by molar-refractivity contribution is 7.87. The van der Waals surface area contributed by atoms with E-state index in [0.29, 0.717) is 39.7 Å². The fourth-order valence-electron chi connectivity index (χ4n) is 3.18. The maximum absolute atomic E-state index is 12.8. The molecule has 0 heterocycles. The summed E-state index contributed by atoms with van der Waals surface area (Å²) >= 11 is 0. The Morgan fingerprint density at radius 3 is 2.03 bits per heavy atom. The van der Waals surface area contributed by atoms with Gasteiger partial charge in [-0.15, -0.1) is 0 Å². The smallest absolute Gasteiger partial charge is 0.343 e. The first-order valence-electron chi connectivity index (χ1n) is 10.3. The molecule has 8 heteroatoms. The minimum Gasteiger partial charge on any atom is -0.496 e. The molecule has 7 nitrogen and oxygen atoms in total. The zero-order valence-corrected chi connectivity index (χ0v) is 20.2. The highest BCUT2D eigenvalue weighted by Crippen LogP contribution is 2.35. The van der Waals surface area contributed by atoms with E-state index in [-0.39, 0.29) is 11.5 Å². The molecule has 34 heavy (non-hydrogen) atoms. The van der Waals surface area contributed by atoms with Gasteiger partial charge in [0, 0.05) is 17.5 Å². The summed E-state index contributed by atoms with van der Waals surface area (Å²) in [6, 6.07) is 17.2. The molecule has 0 bridgehead atoms. The molecule has 0 spiro atoms. The van der Waals surface area contributed by atoms with Crippen molar-refractivity contribution in [3.8, 4) is 28.7 Å². The lowest BCUT2D eigenvalue weighted by Gasteiger charge is -2.12. The fourth-order valence-corrected chi connectivity index (χ4v) is 4.07. The van der Waals surface area contributed by atoms with E-state index in [1.165, 1.54) is 21.3 Å². The quantitative estimate of drug-likeness (QED) is 0.302. The van der Waals surface area contributed by atoms with Crippen molar-refractivity contribution >= 4 is 22.8 Å². The van der Waals surface area contributed by atoms with Crippen LogP contribution in [0.5, 0.6) is 28.7 Å². The predicted octanol–water partition coefficient (Wildman–Crippen LogP) is 4.86. The summed E-state index contributed by atoms with van der Waals surface area (Å²) in [7, 11) is 4.76. The topological polar surface area (TPSA) is 80.3 Å². The Morgan fingerprint density at radius 1 is 0.794 bits per heavy atom. The molecule has 178 valence electrons. The number of ether oxygens (including phenoxy) is 5. The van der Waals surface area contributed by atoms with Gasteiger partial charge in [-0.05, 0) is 35.9 Å². The Hall–Kier alpha value is -3.78. The number of hydrogen-bond donors (Lipinski definition) is 0. The summed E-state index contributed by atoms with van der Waals surface area (Å²) in [4.78, 5) is 12.5. The average Bonchev–Trinajstić information content (AvgIpc) is 2.87. The SMILES string of the molecule is COc1cc(OC)c(C=CS(=O)Cc2ccc(OC)c(OC(=O)c3ccccc3)c2)c(OC)c1. The third-order valence-corrected chi connectivity index (χ3v) is 5.95. The van der Waals surface area contributed by atoms with Crippen LogP contribution in [0, 0.1) is 0 Å². The van der Waals surface area contributed by atoms with Gasteiger partial charge >= 0.3 is 5.97 Å². The minimum atomic E-state index is -1.37. The molecule has 1 atom stereocenters. The molecule has 0 N–H and O–H groups in total. The van der Waals surface area contributed by atoms with Crippen LogP contribution in [0.1, 0.15) is 21.5 Å². The number of hydrogen-bond acceptors (Lipinski definition) is 7. The minimum absolute atomic E-state index is 0.206. The monoisotopic (exact) mass is 482 g/mol. The summed E-state index contributed by atoms with van der Waals surface area (Å²) in [5, 5.41) is 1.56. The molecule has 0 aliphatic heterocycles. The van der Waals surface area contributed by atoms with Crippen molar-refractivity contribution in [3.05, 3.63) is 82.8 Å². The first kappa shape index (κ1) is 24.9. The highest BCUT2D eigenvalue weighted by atomic mass is 32.2. The molecule has 3 aromatic rings. The van der Waals surface area contributed by atoms with Crippen LogP contribution < -0.4 is 23.7 Å². The van der Waals surface area contributed by atoms with Crippen LogP contribution in [-0.4, -0.2) is 38.6 Å². The van der Waals surface area contributed by atoms with Gasteiger partial charge in [0.05, 0.1) is 56.1 Å². The van der Waals surface area contributed by atoms with E-state index in [4.69, 9.17) is 23.7 Å². The van der Waals surface area contributed by atoms with E-state index in [2.05, 4.69) is 0 Å². The zero-order valence-electron chi connectivity index (χ0n) is 19.4. The number of rotatable bonds is 10. The van der Waals surface area contributed by atoms with Crippen molar-refractivity contribution in [2.45, 2.75) is 5.75 Å². The Morgan fingerprint density at radius 2 is 1.44 bits per heavy atom. The second-order valence-corrected chi connectivity index (χ2v) is 8.34. The molecule has 3 aromatic carbocycles. The van der Waals surface area contributed by atoms with Gasteiger partial charge in [-0.1, -0.05) is 24.3 Å². The number of esters is 1. The summed E-state index contributed by atoms with van der Waals surface area (Å²) in [6.45, 7) is 0. The van der Waals surface area contributed by atoms with Gasteiger partial charge in [0.15, 0.2) is 11.5 Å². The molecule has 0 amide bonds. The first-order valence-corrected chi connectivity index (χ1v) is 11.7. The van der Waals surface area contributed by atoms with Crippen molar-refractivity contribution in [2.75, 3.05) is 28.4 Å². The van der Waals surface area contributed by atoms with Gasteiger partial charge in [-0.25, -0.2) is 4.79 Å². The van der Waals surface area contributed by atoms with Crippen LogP contribution in [0.15, 0.2) is 66.1 Å². The third kappa shape index (κ3) is 6.17. The fraction of sp³-hybridized carbons (Fsp3) is 0.192. The van der Waals surface area contributed by atoms with Crippen LogP contribution in [-0.2, 0) is 16.6 Å². The Bertz CT molecular complexity index is 1160. The van der Waals surface area contributed by atoms with Gasteiger partial charge in [-0.3, -0.25) is 4.21 Å². The molecule has 0 radical (unpaired) electrons. The van der Waals surface area contributed by atoms with Crippen molar-refractivity contribution < 1.29 is 32.7 Å². The molecule has 0 fully saturated rings. The summed E-state index contributed by atoms with van der Waals surface area (Å²) in [5.74, 6) is 2.01. The maximum Gasteiger partial charge on any atom is 0.343 e. The van der Waals surface area contributed by atoms with Crippen LogP contribution in [0.3, 0.4) is 0 Å². The van der Waals surface area contributed by atoms with Gasteiger partial charge < -0.3 is 23.7 Å². The van der Waals surface area contributed by atoms with Gasteiger partial charge in [0.25, 0.3) is 0 Å². The molecule has 0 aromatic heterocycles. The lowest BCUT2D eigenvalue weighted by atomic mass is 10.1. The number of carbonyl (C=O) groups is 1. The molecular weight excluding hydrogens is 456 g/mol. The Kier molecular flexibility index (Phi) is 8.70. The lowest BCUT2D eigenvalue weighted by molar-refractivity contribution is 0.0729. The average molecular weight is 483 g/mol. The van der Waals surface area contributed by atoms with Crippen molar-refractivity contribution in [1.29, 1.82) is 0 Å². The van der Waals surface area contributed by atoms with Crippen LogP contribution in [0.2, 0.25) is 0 Å². The second kappa shape index (κ2) is 11.9. The van der Waals surface area contributed by atoms with E-state index in [1.54, 1.807) is 73.2 Å². The highest BCUT2D eigenvalue weighted by Gasteiger charge is 2.14. The number of benzene rings is 3. The summed E-state index contributed by atoms with van der Waals surface area (Å²) < 4.78 is 39.7. The maximum atomic E-state index is 12.8. The number of methoxy groups -OCH3 is 4. The van der Waals surface area contributed by atoms with E-state index < -0.39 is 16.8 Å². The normalized spacial score (nSPS) is 11.6. The molecule has 1 unspecified atom stereocenters. The molecule has 0 saturated carbocycles. The zero-order chi connectivity index (χ0) is 24.5. The largest absolute Gasteiger partial charge is 0.496 e. The number of carbonyl (C=O) groups excluding carboxylic acids is 1. The van der Waals surface area contributed by atoms with Gasteiger partial charge in [-0.2, -0.15) is 0 Å². The summed E-state index contributed by atoms with van der Waals surface area (Å²) in [6.07, 6.45) is 1.69. The van der Waals surface area contributed by atoms with Crippen LogP contribution >= 0.6 is 0 Å². The van der Waals surface area contributed by atoms with E-state index in [9.17, 15) is 9.00 Å². The van der Waals surface area contributed by atoms with Crippen molar-refractivity contribution in [1.82, 2.24) is 0 Å². The molecule has 0 saturated heterocycles. The Balaban J connectivity index is 1.78.